The Morgan fingerprint density at radius 2 is 2.09 bits per heavy atom. The van der Waals surface area contributed by atoms with Crippen LogP contribution in [0.15, 0.2) is 24.3 Å². The van der Waals surface area contributed by atoms with Crippen LogP contribution in [0.3, 0.4) is 0 Å². The van der Waals surface area contributed by atoms with Crippen molar-refractivity contribution in [3.63, 3.8) is 0 Å². The van der Waals surface area contributed by atoms with E-state index < -0.39 is 0 Å². The average molecular weight is 301 g/mol. The zero-order valence-electron chi connectivity index (χ0n) is 14.3. The molecule has 0 spiro atoms. The summed E-state index contributed by atoms with van der Waals surface area (Å²) in [6.45, 7) is 7.86. The third kappa shape index (κ3) is 5.24. The molecule has 2 nitrogen and oxygen atoms in total. The summed E-state index contributed by atoms with van der Waals surface area (Å²) in [7, 11) is 0. The van der Waals surface area contributed by atoms with Crippen LogP contribution in [0.25, 0.3) is 0 Å². The zero-order valence-corrected chi connectivity index (χ0v) is 14.3. The minimum absolute atomic E-state index is 0.303. The first-order chi connectivity index (χ1) is 10.7. The first-order valence-electron chi connectivity index (χ1n) is 9.02. The Kier molecular flexibility index (Phi) is 7.11. The van der Waals surface area contributed by atoms with E-state index in [2.05, 4.69) is 11.8 Å². The van der Waals surface area contributed by atoms with Gasteiger partial charge in [-0.1, -0.05) is 44.0 Å². The van der Waals surface area contributed by atoms with Gasteiger partial charge in [-0.3, -0.25) is 4.79 Å². The quantitative estimate of drug-likeness (QED) is 0.639. The molecule has 1 aromatic carbocycles. The molecule has 122 valence electrons. The van der Waals surface area contributed by atoms with Crippen LogP contribution < -0.4 is 0 Å². The smallest absolute Gasteiger partial charge is 0.163 e. The van der Waals surface area contributed by atoms with Gasteiger partial charge in [0.1, 0.15) is 0 Å². The molecule has 1 saturated heterocycles. The van der Waals surface area contributed by atoms with E-state index in [1.54, 1.807) is 0 Å². The molecule has 1 aliphatic heterocycles. The Morgan fingerprint density at radius 1 is 1.27 bits per heavy atom. The van der Waals surface area contributed by atoms with Crippen LogP contribution in [0.5, 0.6) is 0 Å². The van der Waals surface area contributed by atoms with Crippen LogP contribution in [-0.4, -0.2) is 30.3 Å². The second-order valence-corrected chi connectivity index (χ2v) is 6.79. The zero-order chi connectivity index (χ0) is 15.8. The molecule has 0 bridgehead atoms. The maximum Gasteiger partial charge on any atom is 0.163 e. The van der Waals surface area contributed by atoms with Gasteiger partial charge in [0, 0.05) is 18.5 Å². The van der Waals surface area contributed by atoms with Crippen molar-refractivity contribution in [2.75, 3.05) is 19.6 Å². The van der Waals surface area contributed by atoms with Crippen molar-refractivity contribution in [1.82, 2.24) is 4.90 Å². The lowest BCUT2D eigenvalue weighted by atomic mass is 9.92. The number of piperidine rings is 1. The number of rotatable bonds is 8. The van der Waals surface area contributed by atoms with Gasteiger partial charge in [0.05, 0.1) is 0 Å². The summed E-state index contributed by atoms with van der Waals surface area (Å²) in [5.74, 6) is 1.19. The second-order valence-electron chi connectivity index (χ2n) is 6.79. The number of benzene rings is 1. The van der Waals surface area contributed by atoms with E-state index >= 15 is 0 Å². The predicted molar refractivity (Wildman–Crippen MR) is 93.4 cm³/mol. The molecule has 1 fully saturated rings. The Hall–Kier alpha value is -1.15. The van der Waals surface area contributed by atoms with Gasteiger partial charge < -0.3 is 4.90 Å². The highest BCUT2D eigenvalue weighted by Crippen LogP contribution is 2.22. The number of hydrogen-bond donors (Lipinski definition) is 0. The van der Waals surface area contributed by atoms with Crippen LogP contribution in [-0.2, 0) is 0 Å². The maximum absolute atomic E-state index is 12.3. The molecule has 0 radical (unpaired) electrons. The highest BCUT2D eigenvalue weighted by molar-refractivity contribution is 5.97. The van der Waals surface area contributed by atoms with E-state index in [0.29, 0.717) is 12.2 Å². The fraction of sp³-hybridized carbons (Fsp3) is 0.650. The third-order valence-corrected chi connectivity index (χ3v) is 4.89. The van der Waals surface area contributed by atoms with Crippen LogP contribution in [0.1, 0.15) is 67.8 Å². The lowest BCUT2D eigenvalue weighted by molar-refractivity contribution is 0.0967. The highest BCUT2D eigenvalue weighted by Gasteiger charge is 2.19. The number of carbonyl (C=O) groups is 1. The van der Waals surface area contributed by atoms with Gasteiger partial charge in [0.2, 0.25) is 0 Å². The molecule has 1 atom stereocenters. The number of hydrogen-bond acceptors (Lipinski definition) is 2. The molecule has 1 heterocycles. The summed E-state index contributed by atoms with van der Waals surface area (Å²) in [5, 5.41) is 0. The molecular formula is C20H31NO. The fourth-order valence-electron chi connectivity index (χ4n) is 3.57. The molecule has 2 rings (SSSR count). The number of aryl methyl sites for hydroxylation is 1. The lowest BCUT2D eigenvalue weighted by Gasteiger charge is -2.32. The van der Waals surface area contributed by atoms with E-state index in [9.17, 15) is 4.79 Å². The van der Waals surface area contributed by atoms with Crippen LogP contribution >= 0.6 is 0 Å². The number of likely N-dealkylation sites (tertiary alicyclic amines) is 1. The van der Waals surface area contributed by atoms with Gasteiger partial charge in [-0.15, -0.1) is 0 Å². The van der Waals surface area contributed by atoms with Crippen molar-refractivity contribution in [3.8, 4) is 0 Å². The minimum Gasteiger partial charge on any atom is -0.303 e. The second kappa shape index (κ2) is 9.09. The molecular weight excluding hydrogens is 270 g/mol. The Balaban J connectivity index is 1.72. The number of carbonyl (C=O) groups excluding carboxylic acids is 1. The molecule has 0 amide bonds. The molecule has 1 aromatic rings. The van der Waals surface area contributed by atoms with Gasteiger partial charge >= 0.3 is 0 Å². The average Bonchev–Trinajstić information content (AvgIpc) is 2.53. The molecule has 1 unspecified atom stereocenters. The summed E-state index contributed by atoms with van der Waals surface area (Å²) < 4.78 is 0. The first-order valence-corrected chi connectivity index (χ1v) is 9.02. The van der Waals surface area contributed by atoms with Gasteiger partial charge in [-0.2, -0.15) is 0 Å². The van der Waals surface area contributed by atoms with Crippen LogP contribution in [0.4, 0.5) is 0 Å². The van der Waals surface area contributed by atoms with Gasteiger partial charge in [0.25, 0.3) is 0 Å². The van der Waals surface area contributed by atoms with Gasteiger partial charge in [0.15, 0.2) is 5.78 Å². The summed E-state index contributed by atoms with van der Waals surface area (Å²) in [4.78, 5) is 14.9. The van der Waals surface area contributed by atoms with Gasteiger partial charge in [-0.05, 0) is 57.2 Å². The summed E-state index contributed by atoms with van der Waals surface area (Å²) in [5.41, 5.74) is 2.01. The maximum atomic E-state index is 12.3. The van der Waals surface area contributed by atoms with Crippen LogP contribution in [0.2, 0.25) is 0 Å². The number of unbranched alkanes of at least 4 members (excludes halogenated alkanes) is 1. The van der Waals surface area contributed by atoms with Crippen molar-refractivity contribution in [3.05, 3.63) is 35.4 Å². The fourth-order valence-corrected chi connectivity index (χ4v) is 3.57. The van der Waals surface area contributed by atoms with E-state index in [0.717, 1.165) is 30.0 Å². The van der Waals surface area contributed by atoms with E-state index in [1.165, 1.54) is 45.2 Å². The Morgan fingerprint density at radius 3 is 2.86 bits per heavy atom. The predicted octanol–water partition coefficient (Wildman–Crippen LogP) is 4.86. The van der Waals surface area contributed by atoms with Crippen molar-refractivity contribution in [2.24, 2.45) is 5.92 Å². The van der Waals surface area contributed by atoms with E-state index in [4.69, 9.17) is 0 Å². The minimum atomic E-state index is 0.303. The van der Waals surface area contributed by atoms with Crippen molar-refractivity contribution in [2.45, 2.75) is 58.8 Å². The summed E-state index contributed by atoms with van der Waals surface area (Å²) in [6.07, 6.45) is 8.47. The lowest BCUT2D eigenvalue weighted by Crippen LogP contribution is -2.36. The molecule has 2 heteroatoms. The highest BCUT2D eigenvalue weighted by atomic mass is 16.1. The topological polar surface area (TPSA) is 20.3 Å². The monoisotopic (exact) mass is 301 g/mol. The van der Waals surface area contributed by atoms with Gasteiger partial charge in [-0.25, -0.2) is 0 Å². The summed E-state index contributed by atoms with van der Waals surface area (Å²) >= 11 is 0. The molecule has 22 heavy (non-hydrogen) atoms. The van der Waals surface area contributed by atoms with E-state index in [1.807, 2.05) is 31.2 Å². The molecule has 0 N–H and O–H groups in total. The number of nitrogens with zero attached hydrogens (tertiary/aromatic N) is 1. The van der Waals surface area contributed by atoms with Crippen LogP contribution in [0, 0.1) is 12.8 Å². The molecule has 0 saturated carbocycles. The normalized spacial score (nSPS) is 19.3. The number of ketones is 1. The largest absolute Gasteiger partial charge is 0.303 e. The van der Waals surface area contributed by atoms with E-state index in [-0.39, 0.29) is 0 Å². The van der Waals surface area contributed by atoms with Crippen molar-refractivity contribution >= 4 is 5.78 Å². The molecule has 0 aromatic heterocycles. The molecule has 1 aliphatic rings. The third-order valence-electron chi connectivity index (χ3n) is 4.89. The summed E-state index contributed by atoms with van der Waals surface area (Å²) in [6, 6.07) is 7.94. The SMILES string of the molecule is CCCCC1CCCN(CCCC(=O)c2ccccc2C)C1. The standard InChI is InChI=1S/C20H31NO/c1-3-4-10-18-11-7-14-21(16-18)15-8-13-20(22)19-12-6-5-9-17(19)2/h5-6,9,12,18H,3-4,7-8,10-11,13-16H2,1-2H3. The first kappa shape index (κ1) is 17.2. The van der Waals surface area contributed by atoms with Crippen molar-refractivity contribution < 1.29 is 4.79 Å². The van der Waals surface area contributed by atoms with Crippen molar-refractivity contribution in [1.29, 1.82) is 0 Å². The Labute approximate surface area is 135 Å². The Bertz CT molecular complexity index is 469. The molecule has 0 aliphatic carbocycles. The number of Topliss-reactive ketones (excluding diaryl/α,β-unsaturated/α-hetero) is 1.